The van der Waals surface area contributed by atoms with E-state index in [9.17, 15) is 0 Å². The van der Waals surface area contributed by atoms with E-state index >= 15 is 0 Å². The molecule has 1 heterocycles. The third kappa shape index (κ3) is 3.98. The monoisotopic (exact) mass is 271 g/mol. The average molecular weight is 271 g/mol. The molecule has 104 valence electrons. The average Bonchev–Trinajstić information content (AvgIpc) is 2.50. The summed E-state index contributed by atoms with van der Waals surface area (Å²) in [6.07, 6.45) is 3.15. The van der Waals surface area contributed by atoms with Crippen LogP contribution in [0.3, 0.4) is 0 Å². The van der Waals surface area contributed by atoms with Gasteiger partial charge in [0.1, 0.15) is 18.2 Å². The molecule has 1 aromatic carbocycles. The minimum Gasteiger partial charge on any atom is -0.492 e. The summed E-state index contributed by atoms with van der Waals surface area (Å²) >= 11 is 0. The minimum absolute atomic E-state index is 0.570. The molecule has 5 heteroatoms. The van der Waals surface area contributed by atoms with Crippen LogP contribution in [-0.2, 0) is 0 Å². The Bertz CT molecular complexity index is 541. The van der Waals surface area contributed by atoms with E-state index in [1.165, 1.54) is 6.21 Å². The quantitative estimate of drug-likeness (QED) is 0.498. The van der Waals surface area contributed by atoms with Crippen molar-refractivity contribution in [2.45, 2.75) is 0 Å². The Morgan fingerprint density at radius 2 is 2.05 bits per heavy atom. The van der Waals surface area contributed by atoms with Crippen molar-refractivity contribution in [3.63, 3.8) is 0 Å². The van der Waals surface area contributed by atoms with Gasteiger partial charge in [0, 0.05) is 13.2 Å². The number of pyridine rings is 1. The third-order valence-corrected chi connectivity index (χ3v) is 2.82. The molecule has 0 bridgehead atoms. The zero-order valence-corrected chi connectivity index (χ0v) is 11.3. The molecule has 1 aromatic heterocycles. The van der Waals surface area contributed by atoms with E-state index < -0.39 is 0 Å². The van der Waals surface area contributed by atoms with Gasteiger partial charge in [-0.05, 0) is 42.0 Å². The normalized spacial score (nSPS) is 10.7. The molecule has 0 radical (unpaired) electrons. The number of hydrogen-bond donors (Lipinski definition) is 1. The zero-order chi connectivity index (χ0) is 14.2. The predicted molar refractivity (Wildman–Crippen MR) is 78.8 cm³/mol. The van der Waals surface area contributed by atoms with Crippen molar-refractivity contribution in [2.24, 2.45) is 5.16 Å². The van der Waals surface area contributed by atoms with Crippen LogP contribution in [-0.4, -0.2) is 36.6 Å². The second-order valence-corrected chi connectivity index (χ2v) is 4.27. The highest BCUT2D eigenvalue weighted by molar-refractivity contribution is 5.79. The summed E-state index contributed by atoms with van der Waals surface area (Å²) < 4.78 is 5.65. The first-order chi connectivity index (χ1) is 9.79. The molecule has 2 aromatic rings. The highest BCUT2D eigenvalue weighted by Gasteiger charge is 2.01. The van der Waals surface area contributed by atoms with Crippen molar-refractivity contribution in [3.8, 4) is 5.75 Å². The number of anilines is 1. The highest BCUT2D eigenvalue weighted by atomic mass is 16.5. The van der Waals surface area contributed by atoms with Crippen molar-refractivity contribution in [3.05, 3.63) is 54.2 Å². The van der Waals surface area contributed by atoms with Crippen LogP contribution in [0.1, 0.15) is 5.56 Å². The van der Waals surface area contributed by atoms with Gasteiger partial charge in [0.25, 0.3) is 0 Å². The molecule has 20 heavy (non-hydrogen) atoms. The van der Waals surface area contributed by atoms with Gasteiger partial charge in [-0.2, -0.15) is 0 Å². The molecule has 0 fully saturated rings. The molecule has 0 spiro atoms. The molecular formula is C15H17N3O2. The standard InChI is InChI=1S/C15H17N3O2/c1-18(15-4-2-3-9-16-15)10-11-20-14-7-5-13(6-8-14)12-17-19/h2-9,12,19H,10-11H2,1H3. The van der Waals surface area contributed by atoms with Crippen LogP contribution < -0.4 is 9.64 Å². The largest absolute Gasteiger partial charge is 0.492 e. The van der Waals surface area contributed by atoms with E-state index in [2.05, 4.69) is 10.1 Å². The maximum Gasteiger partial charge on any atom is 0.128 e. The number of oxime groups is 1. The third-order valence-electron chi connectivity index (χ3n) is 2.82. The molecule has 0 aliphatic heterocycles. The Balaban J connectivity index is 1.81. The summed E-state index contributed by atoms with van der Waals surface area (Å²) in [6, 6.07) is 13.2. The van der Waals surface area contributed by atoms with Crippen molar-refractivity contribution in [2.75, 3.05) is 25.1 Å². The van der Waals surface area contributed by atoms with Crippen LogP contribution in [0.25, 0.3) is 0 Å². The topological polar surface area (TPSA) is 58.0 Å². The number of benzene rings is 1. The van der Waals surface area contributed by atoms with Gasteiger partial charge in [0.2, 0.25) is 0 Å². The molecule has 0 aliphatic rings. The second-order valence-electron chi connectivity index (χ2n) is 4.27. The first-order valence-electron chi connectivity index (χ1n) is 6.32. The van der Waals surface area contributed by atoms with E-state index in [1.807, 2.05) is 54.4 Å². The SMILES string of the molecule is CN(CCOc1ccc(C=NO)cc1)c1ccccn1. The smallest absolute Gasteiger partial charge is 0.128 e. The maximum absolute atomic E-state index is 8.43. The molecule has 2 rings (SSSR count). The van der Waals surface area contributed by atoms with Crippen LogP contribution in [0, 0.1) is 0 Å². The summed E-state index contributed by atoms with van der Waals surface area (Å²) in [7, 11) is 1.98. The number of ether oxygens (including phenoxy) is 1. The second kappa shape index (κ2) is 7.13. The van der Waals surface area contributed by atoms with E-state index in [-0.39, 0.29) is 0 Å². The lowest BCUT2D eigenvalue weighted by Gasteiger charge is -2.18. The number of hydrogen-bond acceptors (Lipinski definition) is 5. The molecule has 0 atom stereocenters. The van der Waals surface area contributed by atoms with Crippen LogP contribution in [0.15, 0.2) is 53.8 Å². The lowest BCUT2D eigenvalue weighted by molar-refractivity contribution is 0.321. The Kier molecular flexibility index (Phi) is 4.94. The molecule has 0 aliphatic carbocycles. The fraction of sp³-hybridized carbons (Fsp3) is 0.200. The summed E-state index contributed by atoms with van der Waals surface area (Å²) in [5.74, 6) is 1.71. The van der Waals surface area contributed by atoms with E-state index in [4.69, 9.17) is 9.94 Å². The number of likely N-dealkylation sites (N-methyl/N-ethyl adjacent to an activating group) is 1. The van der Waals surface area contributed by atoms with Crippen molar-refractivity contribution in [1.29, 1.82) is 0 Å². The van der Waals surface area contributed by atoms with Crippen molar-refractivity contribution >= 4 is 12.0 Å². The minimum atomic E-state index is 0.570. The first kappa shape index (κ1) is 13.9. The number of nitrogens with zero attached hydrogens (tertiary/aromatic N) is 3. The van der Waals surface area contributed by atoms with E-state index in [0.29, 0.717) is 6.61 Å². The molecular weight excluding hydrogens is 254 g/mol. The van der Waals surface area contributed by atoms with E-state index in [1.54, 1.807) is 6.20 Å². The molecule has 0 amide bonds. The Hall–Kier alpha value is -2.56. The van der Waals surface area contributed by atoms with Gasteiger partial charge in [0.05, 0.1) is 12.8 Å². The molecule has 0 unspecified atom stereocenters. The predicted octanol–water partition coefficient (Wildman–Crippen LogP) is 2.40. The summed E-state index contributed by atoms with van der Waals surface area (Å²) in [5.41, 5.74) is 0.824. The number of rotatable bonds is 6. The van der Waals surface area contributed by atoms with Gasteiger partial charge in [-0.1, -0.05) is 11.2 Å². The lowest BCUT2D eigenvalue weighted by atomic mass is 10.2. The van der Waals surface area contributed by atoms with Gasteiger partial charge in [-0.15, -0.1) is 0 Å². The Labute approximate surface area is 118 Å². The van der Waals surface area contributed by atoms with Gasteiger partial charge in [-0.3, -0.25) is 0 Å². The summed E-state index contributed by atoms with van der Waals surface area (Å²) in [5, 5.41) is 11.4. The fourth-order valence-electron chi connectivity index (χ4n) is 1.71. The molecule has 5 nitrogen and oxygen atoms in total. The molecule has 1 N–H and O–H groups in total. The number of aromatic nitrogens is 1. The van der Waals surface area contributed by atoms with Crippen molar-refractivity contribution in [1.82, 2.24) is 4.98 Å². The van der Waals surface area contributed by atoms with Gasteiger partial charge in [0.15, 0.2) is 0 Å². The van der Waals surface area contributed by atoms with E-state index in [0.717, 1.165) is 23.7 Å². The van der Waals surface area contributed by atoms with Gasteiger partial charge < -0.3 is 14.8 Å². The van der Waals surface area contributed by atoms with Crippen LogP contribution in [0.2, 0.25) is 0 Å². The van der Waals surface area contributed by atoms with Gasteiger partial charge >= 0.3 is 0 Å². The van der Waals surface area contributed by atoms with Gasteiger partial charge in [-0.25, -0.2) is 4.98 Å². The molecule has 0 saturated heterocycles. The Morgan fingerprint density at radius 3 is 2.70 bits per heavy atom. The molecule has 0 saturated carbocycles. The van der Waals surface area contributed by atoms with Crippen LogP contribution in [0.4, 0.5) is 5.82 Å². The van der Waals surface area contributed by atoms with Crippen molar-refractivity contribution < 1.29 is 9.94 Å². The fourth-order valence-corrected chi connectivity index (χ4v) is 1.71. The zero-order valence-electron chi connectivity index (χ0n) is 11.3. The van der Waals surface area contributed by atoms with Crippen LogP contribution in [0.5, 0.6) is 5.75 Å². The Morgan fingerprint density at radius 1 is 1.25 bits per heavy atom. The highest BCUT2D eigenvalue weighted by Crippen LogP contribution is 2.12. The lowest BCUT2D eigenvalue weighted by Crippen LogP contribution is -2.24. The maximum atomic E-state index is 8.43. The first-order valence-corrected chi connectivity index (χ1v) is 6.32. The van der Waals surface area contributed by atoms with Crippen LogP contribution >= 0.6 is 0 Å². The summed E-state index contributed by atoms with van der Waals surface area (Å²) in [4.78, 5) is 6.30. The summed E-state index contributed by atoms with van der Waals surface area (Å²) in [6.45, 7) is 1.32.